The summed E-state index contributed by atoms with van der Waals surface area (Å²) >= 11 is 3.61. The fourth-order valence-electron chi connectivity index (χ4n) is 4.83. The van der Waals surface area contributed by atoms with Crippen molar-refractivity contribution in [3.05, 3.63) is 94.2 Å². The van der Waals surface area contributed by atoms with Gasteiger partial charge in [0, 0.05) is 23.2 Å². The zero-order valence-corrected chi connectivity index (χ0v) is 21.0. The quantitative estimate of drug-likeness (QED) is 0.361. The maximum atomic E-state index is 13.0. The number of nitrogens with one attached hydrogen (secondary N) is 1. The highest BCUT2D eigenvalue weighted by atomic mass is 79.9. The van der Waals surface area contributed by atoms with Crippen LogP contribution in [0.15, 0.2) is 77.3 Å². The van der Waals surface area contributed by atoms with Gasteiger partial charge in [-0.3, -0.25) is 14.3 Å². The molecule has 34 heavy (non-hydrogen) atoms. The Kier molecular flexibility index (Phi) is 6.79. The van der Waals surface area contributed by atoms with E-state index in [9.17, 15) is 4.79 Å². The summed E-state index contributed by atoms with van der Waals surface area (Å²) in [5.74, 6) is 1.15. The van der Waals surface area contributed by atoms with E-state index < -0.39 is 0 Å². The number of carbonyl (C=O) groups excluding carboxylic acids is 1. The van der Waals surface area contributed by atoms with E-state index in [2.05, 4.69) is 80.1 Å². The lowest BCUT2D eigenvalue weighted by atomic mass is 9.97. The highest BCUT2D eigenvalue weighted by Crippen LogP contribution is 2.26. The van der Waals surface area contributed by atoms with Gasteiger partial charge in [-0.15, -0.1) is 0 Å². The number of amides is 1. The first-order chi connectivity index (χ1) is 16.6. The first-order valence-corrected chi connectivity index (χ1v) is 12.6. The summed E-state index contributed by atoms with van der Waals surface area (Å²) in [6, 6.07) is 24.8. The molecule has 1 aliphatic rings. The Bertz CT molecular complexity index is 1310. The van der Waals surface area contributed by atoms with Crippen molar-refractivity contribution in [1.82, 2.24) is 19.8 Å². The van der Waals surface area contributed by atoms with E-state index in [1.165, 1.54) is 11.1 Å². The molecule has 0 radical (unpaired) electrons. The van der Waals surface area contributed by atoms with Crippen LogP contribution in [0.2, 0.25) is 0 Å². The largest absolute Gasteiger partial charge is 0.352 e. The molecule has 1 N–H and O–H groups in total. The van der Waals surface area contributed by atoms with Crippen molar-refractivity contribution in [3.8, 4) is 5.69 Å². The number of imidazole rings is 1. The number of hydrogen-bond donors (Lipinski definition) is 1. The summed E-state index contributed by atoms with van der Waals surface area (Å²) in [6.07, 6.45) is 1.94. The standard InChI is InChI=1S/C28H29BrN4O/c1-20-8-2-3-9-21(20)17-30-28(34)22-10-7-15-32(18-22)19-27-31-25-13-4-5-14-26(25)33(27)24-12-6-11-23(29)16-24/h2-6,8-9,11-14,16,22H,7,10,15,17-19H2,1H3,(H,30,34)/t22-/m0/s1. The monoisotopic (exact) mass is 516 g/mol. The van der Waals surface area contributed by atoms with Crippen LogP contribution in [0, 0.1) is 12.8 Å². The predicted molar refractivity (Wildman–Crippen MR) is 140 cm³/mol. The van der Waals surface area contributed by atoms with Crippen molar-refractivity contribution in [2.75, 3.05) is 13.1 Å². The van der Waals surface area contributed by atoms with Crippen molar-refractivity contribution >= 4 is 32.9 Å². The zero-order valence-electron chi connectivity index (χ0n) is 19.4. The number of benzene rings is 3. The Morgan fingerprint density at radius 1 is 1.09 bits per heavy atom. The molecule has 0 aliphatic carbocycles. The minimum atomic E-state index is 0.00136. The zero-order chi connectivity index (χ0) is 23.5. The van der Waals surface area contributed by atoms with Gasteiger partial charge in [-0.2, -0.15) is 0 Å². The molecule has 2 heterocycles. The first-order valence-electron chi connectivity index (χ1n) is 11.9. The Balaban J connectivity index is 1.33. The van der Waals surface area contributed by atoms with Gasteiger partial charge in [0.2, 0.25) is 5.91 Å². The summed E-state index contributed by atoms with van der Waals surface area (Å²) in [4.78, 5) is 20.3. The third-order valence-electron chi connectivity index (χ3n) is 6.65. The lowest BCUT2D eigenvalue weighted by Gasteiger charge is -2.32. The van der Waals surface area contributed by atoms with E-state index in [0.29, 0.717) is 13.1 Å². The lowest BCUT2D eigenvalue weighted by molar-refractivity contribution is -0.127. The lowest BCUT2D eigenvalue weighted by Crippen LogP contribution is -2.42. The summed E-state index contributed by atoms with van der Waals surface area (Å²) < 4.78 is 3.28. The second kappa shape index (κ2) is 10.1. The summed E-state index contributed by atoms with van der Waals surface area (Å²) in [5.41, 5.74) is 5.55. The first kappa shape index (κ1) is 22.8. The molecule has 3 aromatic carbocycles. The fourth-order valence-corrected chi connectivity index (χ4v) is 5.22. The van der Waals surface area contributed by atoms with E-state index in [-0.39, 0.29) is 11.8 Å². The smallest absolute Gasteiger partial charge is 0.224 e. The van der Waals surface area contributed by atoms with E-state index in [1.807, 2.05) is 30.3 Å². The predicted octanol–water partition coefficient (Wildman–Crippen LogP) is 5.62. The van der Waals surface area contributed by atoms with Crippen molar-refractivity contribution < 1.29 is 4.79 Å². The van der Waals surface area contributed by atoms with Gasteiger partial charge < -0.3 is 5.32 Å². The van der Waals surface area contributed by atoms with Crippen LogP contribution in [0.1, 0.15) is 29.8 Å². The molecule has 5 nitrogen and oxygen atoms in total. The Hall–Kier alpha value is -2.96. The maximum Gasteiger partial charge on any atom is 0.224 e. The number of nitrogens with zero attached hydrogens (tertiary/aromatic N) is 3. The molecule has 0 bridgehead atoms. The number of aryl methyl sites for hydroxylation is 1. The molecule has 0 unspecified atom stereocenters. The van der Waals surface area contributed by atoms with Gasteiger partial charge in [0.05, 0.1) is 23.5 Å². The van der Waals surface area contributed by atoms with Gasteiger partial charge in [0.25, 0.3) is 0 Å². The van der Waals surface area contributed by atoms with Crippen LogP contribution >= 0.6 is 15.9 Å². The molecular weight excluding hydrogens is 488 g/mol. The minimum absolute atomic E-state index is 0.00136. The number of para-hydroxylation sites is 2. The number of piperidine rings is 1. The summed E-state index contributed by atoms with van der Waals surface area (Å²) in [5, 5.41) is 3.17. The van der Waals surface area contributed by atoms with Gasteiger partial charge in [0.15, 0.2) is 0 Å². The van der Waals surface area contributed by atoms with Crippen molar-refractivity contribution in [2.24, 2.45) is 5.92 Å². The van der Waals surface area contributed by atoms with Gasteiger partial charge in [-0.25, -0.2) is 4.98 Å². The van der Waals surface area contributed by atoms with Crippen molar-refractivity contribution in [1.29, 1.82) is 0 Å². The van der Waals surface area contributed by atoms with Gasteiger partial charge >= 0.3 is 0 Å². The molecule has 1 fully saturated rings. The molecule has 0 saturated carbocycles. The van der Waals surface area contributed by atoms with Gasteiger partial charge in [-0.1, -0.05) is 58.4 Å². The molecule has 1 aliphatic heterocycles. The van der Waals surface area contributed by atoms with Crippen LogP contribution in [0.25, 0.3) is 16.7 Å². The van der Waals surface area contributed by atoms with Crippen molar-refractivity contribution in [2.45, 2.75) is 32.9 Å². The SMILES string of the molecule is Cc1ccccc1CNC(=O)[C@H]1CCCN(Cc2nc3ccccc3n2-c2cccc(Br)c2)C1. The highest BCUT2D eigenvalue weighted by molar-refractivity contribution is 9.10. The Morgan fingerprint density at radius 2 is 1.91 bits per heavy atom. The third kappa shape index (κ3) is 4.93. The number of halogens is 1. The van der Waals surface area contributed by atoms with Crippen molar-refractivity contribution in [3.63, 3.8) is 0 Å². The number of rotatable bonds is 6. The van der Waals surface area contributed by atoms with E-state index in [4.69, 9.17) is 4.98 Å². The second-order valence-corrected chi connectivity index (χ2v) is 9.97. The number of fused-ring (bicyclic) bond motifs is 1. The average Bonchev–Trinajstić information content (AvgIpc) is 3.21. The van der Waals surface area contributed by atoms with Crippen LogP contribution in [0.5, 0.6) is 0 Å². The van der Waals surface area contributed by atoms with E-state index >= 15 is 0 Å². The molecule has 5 rings (SSSR count). The number of hydrogen-bond acceptors (Lipinski definition) is 3. The van der Waals surface area contributed by atoms with Crippen LogP contribution in [0.4, 0.5) is 0 Å². The summed E-state index contributed by atoms with van der Waals surface area (Å²) in [6.45, 7) is 5.11. The second-order valence-electron chi connectivity index (χ2n) is 9.05. The molecular formula is C28H29BrN4O. The number of likely N-dealkylation sites (tertiary alicyclic amines) is 1. The van der Waals surface area contributed by atoms with Crippen LogP contribution in [-0.2, 0) is 17.9 Å². The highest BCUT2D eigenvalue weighted by Gasteiger charge is 2.27. The van der Waals surface area contributed by atoms with Crippen LogP contribution < -0.4 is 5.32 Å². The number of aromatic nitrogens is 2. The van der Waals surface area contributed by atoms with Crippen LogP contribution in [-0.4, -0.2) is 33.4 Å². The Labute approximate surface area is 208 Å². The molecule has 174 valence electrons. The van der Waals surface area contributed by atoms with Gasteiger partial charge in [-0.05, 0) is 67.8 Å². The number of carbonyl (C=O) groups is 1. The molecule has 0 spiro atoms. The van der Waals surface area contributed by atoms with Gasteiger partial charge in [0.1, 0.15) is 5.82 Å². The van der Waals surface area contributed by atoms with E-state index in [0.717, 1.165) is 52.9 Å². The molecule has 6 heteroatoms. The average molecular weight is 517 g/mol. The fraction of sp³-hybridized carbons (Fsp3) is 0.286. The topological polar surface area (TPSA) is 50.2 Å². The van der Waals surface area contributed by atoms with Crippen LogP contribution in [0.3, 0.4) is 0 Å². The molecule has 1 atom stereocenters. The Morgan fingerprint density at radius 3 is 2.76 bits per heavy atom. The third-order valence-corrected chi connectivity index (χ3v) is 7.15. The maximum absolute atomic E-state index is 13.0. The molecule has 1 saturated heterocycles. The molecule has 1 aromatic heterocycles. The molecule has 1 amide bonds. The van der Waals surface area contributed by atoms with E-state index in [1.54, 1.807) is 0 Å². The normalized spacial score (nSPS) is 16.6. The summed E-state index contributed by atoms with van der Waals surface area (Å²) in [7, 11) is 0. The molecule has 4 aromatic rings. The minimum Gasteiger partial charge on any atom is -0.352 e.